The van der Waals surface area contributed by atoms with Crippen LogP contribution in [0.15, 0.2) is 43.7 Å². The van der Waals surface area contributed by atoms with Crippen molar-refractivity contribution in [2.45, 2.75) is 105 Å². The Labute approximate surface area is 283 Å². The lowest BCUT2D eigenvalue weighted by molar-refractivity contribution is -0.140. The number of unbranched alkanes of at least 4 members (excludes halogenated alkanes) is 1. The molecule has 2 atom stereocenters. The number of nitrogens with zero attached hydrogens (tertiary/aromatic N) is 2. The summed E-state index contributed by atoms with van der Waals surface area (Å²) in [5, 5.41) is 29.2. The Morgan fingerprint density at radius 1 is 0.696 bits per heavy atom. The fraction of sp³-hybridized carbons (Fsp3) is 0.667. The van der Waals surface area contributed by atoms with Gasteiger partial charge in [-0.05, 0) is 89.6 Å². The largest absolute Gasteiger partial charge is 0.463 e. The molecule has 2 aliphatic carbocycles. The van der Waals surface area contributed by atoms with Crippen molar-refractivity contribution < 1.29 is 19.1 Å². The Bertz CT molecular complexity index is 1240. The average Bonchev–Trinajstić information content (AvgIpc) is 3.06. The number of carbonyl (C=O) groups excluding carboxylic acids is 2. The van der Waals surface area contributed by atoms with Crippen LogP contribution >= 0.6 is 23.5 Å². The summed E-state index contributed by atoms with van der Waals surface area (Å²) in [5.74, 6) is 1.15. The number of nitriles is 2. The topological polar surface area (TPSA) is 124 Å². The van der Waals surface area contributed by atoms with E-state index >= 15 is 0 Å². The van der Waals surface area contributed by atoms with Crippen LogP contribution in [-0.2, 0) is 19.1 Å². The second-order valence-electron chi connectivity index (χ2n) is 12.6. The third-order valence-electron chi connectivity index (χ3n) is 9.65. The minimum atomic E-state index is -0.315. The van der Waals surface area contributed by atoms with Crippen LogP contribution in [-0.4, -0.2) is 36.7 Å². The van der Waals surface area contributed by atoms with Gasteiger partial charge in [0.25, 0.3) is 0 Å². The number of nitrogens with one attached hydrogen (secondary N) is 2. The Morgan fingerprint density at radius 3 is 1.39 bits per heavy atom. The molecule has 2 fully saturated rings. The fourth-order valence-electron chi connectivity index (χ4n) is 7.52. The minimum Gasteiger partial charge on any atom is -0.463 e. The van der Waals surface area contributed by atoms with Gasteiger partial charge in [0, 0.05) is 23.2 Å². The first kappa shape index (κ1) is 36.0. The van der Waals surface area contributed by atoms with Crippen LogP contribution < -0.4 is 10.6 Å². The van der Waals surface area contributed by atoms with Gasteiger partial charge < -0.3 is 20.1 Å². The molecule has 0 radical (unpaired) electrons. The Hall–Kier alpha value is -2.82. The highest BCUT2D eigenvalue weighted by Crippen LogP contribution is 2.45. The van der Waals surface area contributed by atoms with E-state index in [2.05, 4.69) is 22.8 Å². The van der Waals surface area contributed by atoms with E-state index in [0.29, 0.717) is 35.5 Å². The zero-order valence-corrected chi connectivity index (χ0v) is 29.6. The number of allylic oxidation sites excluding steroid dienone is 4. The summed E-state index contributed by atoms with van der Waals surface area (Å²) < 4.78 is 10.9. The molecule has 0 spiro atoms. The number of ether oxygens (including phenoxy) is 2. The zero-order valence-electron chi connectivity index (χ0n) is 28.0. The predicted molar refractivity (Wildman–Crippen MR) is 184 cm³/mol. The minimum absolute atomic E-state index is 0.217. The van der Waals surface area contributed by atoms with Gasteiger partial charge >= 0.3 is 11.9 Å². The molecule has 2 heterocycles. The van der Waals surface area contributed by atoms with E-state index < -0.39 is 0 Å². The van der Waals surface area contributed by atoms with Gasteiger partial charge in [-0.25, -0.2) is 9.59 Å². The maximum atomic E-state index is 13.0. The molecule has 0 amide bonds. The lowest BCUT2D eigenvalue weighted by Crippen LogP contribution is -2.34. The molecule has 2 saturated carbocycles. The second kappa shape index (κ2) is 17.9. The summed E-state index contributed by atoms with van der Waals surface area (Å²) >= 11 is 3.32. The van der Waals surface area contributed by atoms with Crippen molar-refractivity contribution >= 4 is 35.5 Å². The predicted octanol–water partition coefficient (Wildman–Crippen LogP) is 7.98. The van der Waals surface area contributed by atoms with E-state index in [4.69, 9.17) is 9.47 Å². The molecular formula is C36H50N4O4S2. The summed E-state index contributed by atoms with van der Waals surface area (Å²) in [6, 6.07) is 4.96. The van der Waals surface area contributed by atoms with Gasteiger partial charge in [-0.3, -0.25) is 0 Å². The molecule has 0 saturated heterocycles. The number of hydrogen-bond acceptors (Lipinski definition) is 10. The van der Waals surface area contributed by atoms with Crippen LogP contribution in [0.25, 0.3) is 0 Å². The fourth-order valence-corrected chi connectivity index (χ4v) is 9.74. The van der Waals surface area contributed by atoms with Crippen LogP contribution in [0, 0.1) is 46.3 Å². The first-order valence-corrected chi connectivity index (χ1v) is 19.2. The summed E-state index contributed by atoms with van der Waals surface area (Å²) in [5.41, 5.74) is 4.17. The highest BCUT2D eigenvalue weighted by Gasteiger charge is 2.41. The maximum Gasteiger partial charge on any atom is 0.336 e. The number of hydrogen-bond donors (Lipinski definition) is 2. The molecule has 2 N–H and O–H groups in total. The summed E-state index contributed by atoms with van der Waals surface area (Å²) in [4.78, 5) is 26.1. The second-order valence-corrected chi connectivity index (χ2v) is 14.8. The number of esters is 2. The molecule has 8 nitrogen and oxygen atoms in total. The molecule has 0 aromatic carbocycles. The van der Waals surface area contributed by atoms with Crippen LogP contribution in [0.5, 0.6) is 0 Å². The highest BCUT2D eigenvalue weighted by molar-refractivity contribution is 8.03. The number of carbonyl (C=O) groups is 2. The van der Waals surface area contributed by atoms with Gasteiger partial charge in [0.15, 0.2) is 0 Å². The summed E-state index contributed by atoms with van der Waals surface area (Å²) in [7, 11) is 0. The van der Waals surface area contributed by atoms with Crippen LogP contribution in [0.1, 0.15) is 105 Å². The van der Waals surface area contributed by atoms with Crippen LogP contribution in [0.3, 0.4) is 0 Å². The monoisotopic (exact) mass is 666 g/mol. The number of thioether (sulfide) groups is 2. The van der Waals surface area contributed by atoms with Crippen molar-refractivity contribution in [1.29, 1.82) is 10.5 Å². The molecule has 0 aromatic heterocycles. The van der Waals surface area contributed by atoms with E-state index in [1.165, 1.54) is 12.8 Å². The van der Waals surface area contributed by atoms with Gasteiger partial charge in [0.2, 0.25) is 0 Å². The molecule has 0 bridgehead atoms. The van der Waals surface area contributed by atoms with Gasteiger partial charge in [0.05, 0.1) is 57.7 Å². The normalized spacial score (nSPS) is 23.0. The van der Waals surface area contributed by atoms with Gasteiger partial charge in [-0.2, -0.15) is 10.5 Å². The SMILES string of the molecule is CCOC(=O)C1=C(C)NC(SCCCCSC2=C(C#N)[C@H](C3CCCCC3)C(C(=O)OCC)=C(C)N2)=C(C#N)[C@@H]1C1CCCCC1. The summed E-state index contributed by atoms with van der Waals surface area (Å²) in [6.07, 6.45) is 12.9. The number of rotatable bonds is 13. The van der Waals surface area contributed by atoms with Gasteiger partial charge in [-0.1, -0.05) is 38.5 Å². The molecular weight excluding hydrogens is 617 g/mol. The van der Waals surface area contributed by atoms with Gasteiger partial charge in [0.1, 0.15) is 0 Å². The van der Waals surface area contributed by atoms with Crippen molar-refractivity contribution in [3.05, 3.63) is 43.7 Å². The zero-order chi connectivity index (χ0) is 33.1. The van der Waals surface area contributed by atoms with Crippen LogP contribution in [0.2, 0.25) is 0 Å². The van der Waals surface area contributed by atoms with Crippen molar-refractivity contribution in [2.24, 2.45) is 23.7 Å². The van der Waals surface area contributed by atoms with Crippen molar-refractivity contribution in [1.82, 2.24) is 10.6 Å². The molecule has 4 aliphatic rings. The average molecular weight is 667 g/mol. The standard InChI is InChI=1S/C36H50N4O4S2/c1-5-43-35(41)29-23(3)39-33(27(21-37)31(29)25-15-9-7-10-16-25)45-19-13-14-20-46-34-28(22-38)32(26-17-11-8-12-18-26)30(24(4)40-34)36(42)44-6-2/h25-26,31-32,39-40H,5-20H2,1-4H3/t31-,32-/m0/s1. The third-order valence-corrected chi connectivity index (χ3v) is 11.9. The molecule has 0 unspecified atom stereocenters. The first-order chi connectivity index (χ1) is 22.4. The van der Waals surface area contributed by atoms with E-state index in [-0.39, 0.29) is 35.6 Å². The quantitative estimate of drug-likeness (QED) is 0.148. The Morgan fingerprint density at radius 2 is 1.07 bits per heavy atom. The molecule has 10 heteroatoms. The first-order valence-electron chi connectivity index (χ1n) is 17.2. The van der Waals surface area contributed by atoms with Crippen molar-refractivity contribution in [3.63, 3.8) is 0 Å². The van der Waals surface area contributed by atoms with E-state index in [9.17, 15) is 20.1 Å². The third kappa shape index (κ3) is 8.55. The maximum absolute atomic E-state index is 13.0. The molecule has 250 valence electrons. The van der Waals surface area contributed by atoms with E-state index in [1.807, 2.05) is 27.7 Å². The van der Waals surface area contributed by atoms with E-state index in [0.717, 1.165) is 97.2 Å². The smallest absolute Gasteiger partial charge is 0.336 e. The van der Waals surface area contributed by atoms with Crippen LogP contribution in [0.4, 0.5) is 0 Å². The Kier molecular flexibility index (Phi) is 14.0. The lowest BCUT2D eigenvalue weighted by atomic mass is 9.72. The highest BCUT2D eigenvalue weighted by atomic mass is 32.2. The van der Waals surface area contributed by atoms with Gasteiger partial charge in [-0.15, -0.1) is 23.5 Å². The molecule has 2 aliphatic heterocycles. The number of dihydropyridines is 2. The lowest BCUT2D eigenvalue weighted by Gasteiger charge is -2.36. The summed E-state index contributed by atoms with van der Waals surface area (Å²) in [6.45, 7) is 8.10. The molecule has 4 rings (SSSR count). The van der Waals surface area contributed by atoms with Crippen molar-refractivity contribution in [3.8, 4) is 12.1 Å². The van der Waals surface area contributed by atoms with E-state index in [1.54, 1.807) is 23.5 Å². The van der Waals surface area contributed by atoms with Crippen molar-refractivity contribution in [2.75, 3.05) is 24.7 Å². The Balaban J connectivity index is 1.40. The molecule has 0 aromatic rings. The molecule has 46 heavy (non-hydrogen) atoms.